The van der Waals surface area contributed by atoms with Crippen LogP contribution in [0.25, 0.3) is 0 Å². The van der Waals surface area contributed by atoms with Crippen LogP contribution in [0.5, 0.6) is 11.6 Å². The fourth-order valence-corrected chi connectivity index (χ4v) is 2.09. The maximum atomic E-state index is 12.9. The van der Waals surface area contributed by atoms with Gasteiger partial charge in [0.2, 0.25) is 5.88 Å². The van der Waals surface area contributed by atoms with Gasteiger partial charge in [0.15, 0.2) is 0 Å². The van der Waals surface area contributed by atoms with Gasteiger partial charge in [0.25, 0.3) is 0 Å². The predicted octanol–water partition coefficient (Wildman–Crippen LogP) is 5.47. The lowest BCUT2D eigenvalue weighted by molar-refractivity contribution is -0.137. The van der Waals surface area contributed by atoms with Crippen molar-refractivity contribution in [3.63, 3.8) is 0 Å². The number of ether oxygens (including phenoxy) is 1. The highest BCUT2D eigenvalue weighted by Crippen LogP contribution is 2.37. The number of rotatable bonds is 5. The Morgan fingerprint density at radius 3 is 2.64 bits per heavy atom. The molecule has 134 valence electrons. The van der Waals surface area contributed by atoms with Gasteiger partial charge < -0.3 is 9.64 Å². The Bertz CT molecular complexity index is 778. The third-order valence-corrected chi connectivity index (χ3v) is 3.75. The van der Waals surface area contributed by atoms with Crippen molar-refractivity contribution < 1.29 is 17.9 Å². The van der Waals surface area contributed by atoms with Crippen LogP contribution in [0.4, 0.5) is 18.9 Å². The molecule has 8 heteroatoms. The minimum atomic E-state index is -4.55. The number of aliphatic imine (C=N–C) groups is 1. The van der Waals surface area contributed by atoms with E-state index in [9.17, 15) is 13.2 Å². The third-order valence-electron chi connectivity index (χ3n) is 3.42. The Morgan fingerprint density at radius 1 is 1.32 bits per heavy atom. The summed E-state index contributed by atoms with van der Waals surface area (Å²) >= 11 is 5.59. The number of nitrogens with zero attached hydrogens (tertiary/aromatic N) is 3. The number of aryl methyl sites for hydroxylation is 1. The van der Waals surface area contributed by atoms with Crippen LogP contribution in [0.3, 0.4) is 0 Å². The normalized spacial score (nSPS) is 11.8. The Kier molecular flexibility index (Phi) is 5.89. The molecule has 0 amide bonds. The quantitative estimate of drug-likeness (QED) is 0.517. The predicted molar refractivity (Wildman–Crippen MR) is 92.0 cm³/mol. The standard InChI is InChI=1S/C17H17ClF3N3O/c1-4-24(3)10-23-15-9-22-16(7-11(15)2)25-12-5-6-14(18)13(8-12)17(19,20)21/h5-10H,4H2,1-3H3. The van der Waals surface area contributed by atoms with Crippen LogP contribution in [0.15, 0.2) is 35.5 Å². The van der Waals surface area contributed by atoms with E-state index in [0.29, 0.717) is 5.69 Å². The minimum absolute atomic E-state index is 0.00518. The average Bonchev–Trinajstić information content (AvgIpc) is 2.54. The van der Waals surface area contributed by atoms with Crippen molar-refractivity contribution in [1.29, 1.82) is 0 Å². The average molecular weight is 372 g/mol. The molecular formula is C17H17ClF3N3O. The second-order valence-electron chi connectivity index (χ2n) is 5.37. The lowest BCUT2D eigenvalue weighted by atomic mass is 10.2. The van der Waals surface area contributed by atoms with E-state index in [0.717, 1.165) is 24.2 Å². The first-order chi connectivity index (χ1) is 11.7. The van der Waals surface area contributed by atoms with E-state index < -0.39 is 11.7 Å². The largest absolute Gasteiger partial charge is 0.439 e. The molecule has 0 radical (unpaired) electrons. The van der Waals surface area contributed by atoms with Gasteiger partial charge in [0.05, 0.1) is 28.8 Å². The molecule has 0 N–H and O–H groups in total. The molecule has 0 fully saturated rings. The summed E-state index contributed by atoms with van der Waals surface area (Å²) in [6.07, 6.45) is -1.37. The van der Waals surface area contributed by atoms with E-state index in [1.54, 1.807) is 12.4 Å². The fraction of sp³-hybridized carbons (Fsp3) is 0.294. The SMILES string of the molecule is CCN(C)C=Nc1cnc(Oc2ccc(Cl)c(C(F)(F)F)c2)cc1C. The molecule has 1 aromatic carbocycles. The Balaban J connectivity index is 2.22. The molecule has 1 aromatic heterocycles. The maximum absolute atomic E-state index is 12.9. The van der Waals surface area contributed by atoms with Crippen molar-refractivity contribution in [1.82, 2.24) is 9.88 Å². The van der Waals surface area contributed by atoms with Crippen molar-refractivity contribution in [3.8, 4) is 11.6 Å². The number of benzene rings is 1. The summed E-state index contributed by atoms with van der Waals surface area (Å²) in [6, 6.07) is 4.96. The topological polar surface area (TPSA) is 37.7 Å². The van der Waals surface area contributed by atoms with Crippen LogP contribution in [0.1, 0.15) is 18.1 Å². The molecule has 0 spiro atoms. The van der Waals surface area contributed by atoms with Crippen LogP contribution < -0.4 is 4.74 Å². The highest BCUT2D eigenvalue weighted by molar-refractivity contribution is 6.31. The molecule has 0 saturated heterocycles. The Hall–Kier alpha value is -2.28. The van der Waals surface area contributed by atoms with E-state index in [-0.39, 0.29) is 16.7 Å². The van der Waals surface area contributed by atoms with E-state index in [4.69, 9.17) is 16.3 Å². The van der Waals surface area contributed by atoms with Gasteiger partial charge in [-0.25, -0.2) is 9.98 Å². The highest BCUT2D eigenvalue weighted by Gasteiger charge is 2.33. The Morgan fingerprint density at radius 2 is 2.04 bits per heavy atom. The van der Waals surface area contributed by atoms with Crippen LogP contribution in [-0.2, 0) is 6.18 Å². The first kappa shape index (κ1) is 19.1. The van der Waals surface area contributed by atoms with Crippen molar-refractivity contribution in [2.45, 2.75) is 20.0 Å². The molecule has 0 aliphatic carbocycles. The zero-order valence-corrected chi connectivity index (χ0v) is 14.7. The molecule has 4 nitrogen and oxygen atoms in total. The van der Waals surface area contributed by atoms with E-state index in [2.05, 4.69) is 9.98 Å². The van der Waals surface area contributed by atoms with Gasteiger partial charge in [-0.3, -0.25) is 0 Å². The molecule has 0 bridgehead atoms. The van der Waals surface area contributed by atoms with Crippen LogP contribution in [-0.4, -0.2) is 29.8 Å². The van der Waals surface area contributed by atoms with Crippen molar-refractivity contribution in [3.05, 3.63) is 46.6 Å². The van der Waals surface area contributed by atoms with E-state index in [1.807, 2.05) is 25.8 Å². The maximum Gasteiger partial charge on any atom is 0.417 e. The molecule has 0 aliphatic rings. The first-order valence-corrected chi connectivity index (χ1v) is 7.84. The summed E-state index contributed by atoms with van der Waals surface area (Å²) < 4.78 is 44.1. The number of aromatic nitrogens is 1. The summed E-state index contributed by atoms with van der Waals surface area (Å²) in [5.74, 6) is 0.182. The summed E-state index contributed by atoms with van der Waals surface area (Å²) in [5.41, 5.74) is 0.489. The van der Waals surface area contributed by atoms with Crippen molar-refractivity contribution in [2.75, 3.05) is 13.6 Å². The number of alkyl halides is 3. The Labute approximate surface area is 148 Å². The van der Waals surface area contributed by atoms with Crippen molar-refractivity contribution in [2.24, 2.45) is 4.99 Å². The lowest BCUT2D eigenvalue weighted by Gasteiger charge is -2.12. The monoisotopic (exact) mass is 371 g/mol. The van der Waals surface area contributed by atoms with Gasteiger partial charge in [-0.1, -0.05) is 11.6 Å². The minimum Gasteiger partial charge on any atom is -0.439 e. The summed E-state index contributed by atoms with van der Waals surface area (Å²) in [5, 5.41) is -0.381. The second kappa shape index (κ2) is 7.74. The molecule has 0 atom stereocenters. The number of hydrogen-bond acceptors (Lipinski definition) is 3. The van der Waals surface area contributed by atoms with Gasteiger partial charge in [-0.05, 0) is 37.6 Å². The van der Waals surface area contributed by atoms with Gasteiger partial charge in [0, 0.05) is 19.7 Å². The highest BCUT2D eigenvalue weighted by atomic mass is 35.5. The van der Waals surface area contributed by atoms with Crippen LogP contribution in [0, 0.1) is 6.92 Å². The number of halogens is 4. The number of pyridine rings is 1. The van der Waals surface area contributed by atoms with Crippen LogP contribution in [0.2, 0.25) is 5.02 Å². The number of hydrogen-bond donors (Lipinski definition) is 0. The molecule has 2 aromatic rings. The summed E-state index contributed by atoms with van der Waals surface area (Å²) in [4.78, 5) is 10.3. The molecule has 25 heavy (non-hydrogen) atoms. The molecule has 0 unspecified atom stereocenters. The van der Waals surface area contributed by atoms with Crippen molar-refractivity contribution >= 4 is 23.6 Å². The van der Waals surface area contributed by atoms with E-state index >= 15 is 0 Å². The second-order valence-corrected chi connectivity index (χ2v) is 5.78. The first-order valence-electron chi connectivity index (χ1n) is 7.46. The fourth-order valence-electron chi connectivity index (χ4n) is 1.86. The van der Waals surface area contributed by atoms with Gasteiger partial charge in [0.1, 0.15) is 5.75 Å². The molecule has 1 heterocycles. The van der Waals surface area contributed by atoms with Gasteiger partial charge in [-0.2, -0.15) is 13.2 Å². The third kappa shape index (κ3) is 5.09. The van der Waals surface area contributed by atoms with Gasteiger partial charge >= 0.3 is 6.18 Å². The smallest absolute Gasteiger partial charge is 0.417 e. The molecule has 0 saturated carbocycles. The summed E-state index contributed by atoms with van der Waals surface area (Å²) in [7, 11) is 1.89. The lowest BCUT2D eigenvalue weighted by Crippen LogP contribution is -2.14. The van der Waals surface area contributed by atoms with E-state index in [1.165, 1.54) is 12.3 Å². The van der Waals surface area contributed by atoms with Gasteiger partial charge in [-0.15, -0.1) is 0 Å². The summed E-state index contributed by atoms with van der Waals surface area (Å²) in [6.45, 7) is 4.63. The molecular weight excluding hydrogens is 355 g/mol. The van der Waals surface area contributed by atoms with Crippen LogP contribution >= 0.6 is 11.6 Å². The zero-order chi connectivity index (χ0) is 18.6. The molecule has 2 rings (SSSR count). The molecule has 0 aliphatic heterocycles. The zero-order valence-electron chi connectivity index (χ0n) is 13.9.